The molecule has 0 bridgehead atoms. The zero-order valence-corrected chi connectivity index (χ0v) is 19.1. The summed E-state index contributed by atoms with van der Waals surface area (Å²) < 4.78 is 31.6. The van der Waals surface area contributed by atoms with Crippen LogP contribution in [0.2, 0.25) is 0 Å². The number of rotatable bonds is 7. The van der Waals surface area contributed by atoms with E-state index in [1.165, 1.54) is 24.0 Å². The second-order valence-electron chi connectivity index (χ2n) is 7.97. The van der Waals surface area contributed by atoms with E-state index in [4.69, 9.17) is 0 Å². The molecule has 0 spiro atoms. The van der Waals surface area contributed by atoms with Crippen molar-refractivity contribution in [2.45, 2.75) is 69.9 Å². The highest BCUT2D eigenvalue weighted by molar-refractivity contribution is 7.89. The average Bonchev–Trinajstić information content (AvgIpc) is 3.06. The van der Waals surface area contributed by atoms with Crippen molar-refractivity contribution in [3.8, 4) is 0 Å². The minimum atomic E-state index is -3.70. The molecule has 1 aliphatic carbocycles. The number of hydrogen-bond acceptors (Lipinski definition) is 4. The van der Waals surface area contributed by atoms with E-state index >= 15 is 0 Å². The highest BCUT2D eigenvalue weighted by Gasteiger charge is 2.22. The molecule has 0 fully saturated rings. The Morgan fingerprint density at radius 2 is 1.83 bits per heavy atom. The van der Waals surface area contributed by atoms with Crippen molar-refractivity contribution in [1.82, 2.24) is 9.29 Å². The van der Waals surface area contributed by atoms with Crippen LogP contribution in [0.5, 0.6) is 0 Å². The zero-order chi connectivity index (χ0) is 21.3. The van der Waals surface area contributed by atoms with Crippen molar-refractivity contribution in [1.29, 1.82) is 0 Å². The van der Waals surface area contributed by atoms with E-state index < -0.39 is 10.0 Å². The molecule has 1 aliphatic rings. The van der Waals surface area contributed by atoms with Gasteiger partial charge in [-0.2, -0.15) is 0 Å². The number of nitrogens with one attached hydrogen (secondary N) is 1. The summed E-state index contributed by atoms with van der Waals surface area (Å²) in [5, 5.41) is 0. The van der Waals surface area contributed by atoms with Gasteiger partial charge in [-0.25, -0.2) is 13.1 Å². The topological polar surface area (TPSA) is 68.2 Å². The zero-order valence-electron chi connectivity index (χ0n) is 17.5. The van der Waals surface area contributed by atoms with Gasteiger partial charge in [0, 0.05) is 12.6 Å². The molecule has 0 aliphatic heterocycles. The molecule has 5 nitrogen and oxygen atoms in total. The highest BCUT2D eigenvalue weighted by Crippen LogP contribution is 2.28. The number of aryl methyl sites for hydroxylation is 3. The van der Waals surface area contributed by atoms with Crippen molar-refractivity contribution >= 4 is 31.6 Å². The van der Waals surface area contributed by atoms with Crippen LogP contribution in [0.3, 0.4) is 0 Å². The van der Waals surface area contributed by atoms with Crippen molar-refractivity contribution in [2.75, 3.05) is 0 Å². The molecule has 0 radical (unpaired) electrons. The number of nitrogens with zero attached hydrogens (tertiary/aromatic N) is 1. The van der Waals surface area contributed by atoms with E-state index in [-0.39, 0.29) is 15.8 Å². The van der Waals surface area contributed by atoms with Gasteiger partial charge in [0.1, 0.15) is 0 Å². The normalized spacial score (nSPS) is 15.3. The molecule has 0 saturated heterocycles. The van der Waals surface area contributed by atoms with Crippen LogP contribution >= 0.6 is 11.3 Å². The van der Waals surface area contributed by atoms with Crippen molar-refractivity contribution in [3.05, 3.63) is 62.8 Å². The first-order valence-corrected chi connectivity index (χ1v) is 13.0. The van der Waals surface area contributed by atoms with E-state index in [2.05, 4.69) is 22.9 Å². The largest absolute Gasteiger partial charge is 0.308 e. The van der Waals surface area contributed by atoms with Crippen LogP contribution in [0.1, 0.15) is 62.3 Å². The van der Waals surface area contributed by atoms with Gasteiger partial charge >= 0.3 is 4.87 Å². The maximum Gasteiger partial charge on any atom is 0.308 e. The smallest absolute Gasteiger partial charge is 0.299 e. The molecule has 7 heteroatoms. The van der Waals surface area contributed by atoms with Gasteiger partial charge in [-0.05, 0) is 73.4 Å². The molecule has 4 rings (SSSR count). The minimum Gasteiger partial charge on any atom is -0.299 e. The van der Waals surface area contributed by atoms with Crippen LogP contribution in [0.25, 0.3) is 10.2 Å². The summed E-state index contributed by atoms with van der Waals surface area (Å²) in [4.78, 5) is 12.4. The fraction of sp³-hybridized carbons (Fsp3) is 0.435. The Balaban J connectivity index is 1.63. The van der Waals surface area contributed by atoms with Gasteiger partial charge in [0.25, 0.3) is 0 Å². The summed E-state index contributed by atoms with van der Waals surface area (Å²) in [7, 11) is -3.70. The molecule has 3 aromatic rings. The Morgan fingerprint density at radius 3 is 2.57 bits per heavy atom. The fourth-order valence-electron chi connectivity index (χ4n) is 4.26. The molecular weight excluding hydrogens is 416 g/mol. The summed E-state index contributed by atoms with van der Waals surface area (Å²) in [5.74, 6) is 0. The highest BCUT2D eigenvalue weighted by atomic mass is 32.2. The van der Waals surface area contributed by atoms with E-state index in [0.29, 0.717) is 17.7 Å². The monoisotopic (exact) mass is 444 g/mol. The summed E-state index contributed by atoms with van der Waals surface area (Å²) >= 11 is 1.10. The molecule has 2 aromatic carbocycles. The first-order valence-electron chi connectivity index (χ1n) is 10.7. The molecule has 160 valence electrons. The van der Waals surface area contributed by atoms with Crippen molar-refractivity contribution < 1.29 is 8.42 Å². The summed E-state index contributed by atoms with van der Waals surface area (Å²) in [5.41, 5.74) is 4.55. The Bertz CT molecular complexity index is 1220. The summed E-state index contributed by atoms with van der Waals surface area (Å²) in [6.07, 6.45) is 6.12. The van der Waals surface area contributed by atoms with Crippen LogP contribution in [0.4, 0.5) is 0 Å². The third-order valence-corrected chi connectivity index (χ3v) is 8.29. The lowest BCUT2D eigenvalue weighted by Gasteiger charge is -2.21. The summed E-state index contributed by atoms with van der Waals surface area (Å²) in [6, 6.07) is 11.1. The lowest BCUT2D eigenvalue weighted by molar-refractivity contribution is 0.549. The van der Waals surface area contributed by atoms with Gasteiger partial charge in [0.05, 0.1) is 15.1 Å². The van der Waals surface area contributed by atoms with Gasteiger partial charge in [0.15, 0.2) is 0 Å². The lowest BCUT2D eigenvalue weighted by atomic mass is 9.89. The SMILES string of the molecule is CCCn1c(=O)sc2cc(S(=O)(=O)N[C@H](CC)c3ccc4c(c3)CCCC4)ccc21. The van der Waals surface area contributed by atoms with Crippen LogP contribution < -0.4 is 9.60 Å². The predicted octanol–water partition coefficient (Wildman–Crippen LogP) is 4.78. The third-order valence-electron chi connectivity index (χ3n) is 5.88. The third kappa shape index (κ3) is 4.11. The minimum absolute atomic E-state index is 0.0464. The molecule has 30 heavy (non-hydrogen) atoms. The molecule has 0 unspecified atom stereocenters. The molecule has 1 heterocycles. The predicted molar refractivity (Wildman–Crippen MR) is 123 cm³/mol. The average molecular weight is 445 g/mol. The van der Waals surface area contributed by atoms with Crippen LogP contribution in [-0.4, -0.2) is 13.0 Å². The molecule has 1 aromatic heterocycles. The molecule has 1 atom stereocenters. The van der Waals surface area contributed by atoms with E-state index in [1.54, 1.807) is 22.8 Å². The van der Waals surface area contributed by atoms with E-state index in [9.17, 15) is 13.2 Å². The first kappa shape index (κ1) is 21.3. The number of benzene rings is 2. The Labute approximate surface area is 181 Å². The Kier molecular flexibility index (Phi) is 6.14. The van der Waals surface area contributed by atoms with Crippen molar-refractivity contribution in [3.63, 3.8) is 0 Å². The lowest BCUT2D eigenvalue weighted by Crippen LogP contribution is -2.28. The quantitative estimate of drug-likeness (QED) is 0.570. The van der Waals surface area contributed by atoms with Gasteiger partial charge in [0.2, 0.25) is 10.0 Å². The first-order chi connectivity index (χ1) is 14.4. The number of hydrogen-bond donors (Lipinski definition) is 1. The van der Waals surface area contributed by atoms with Gasteiger partial charge in [-0.3, -0.25) is 9.36 Å². The van der Waals surface area contributed by atoms with Crippen LogP contribution in [0, 0.1) is 0 Å². The van der Waals surface area contributed by atoms with E-state index in [1.807, 2.05) is 13.8 Å². The number of thiazole rings is 1. The summed E-state index contributed by atoms with van der Waals surface area (Å²) in [6.45, 7) is 4.65. The second-order valence-corrected chi connectivity index (χ2v) is 10.7. The Morgan fingerprint density at radius 1 is 1.07 bits per heavy atom. The maximum atomic E-state index is 13.1. The second kappa shape index (κ2) is 8.65. The maximum absolute atomic E-state index is 13.1. The van der Waals surface area contributed by atoms with Crippen LogP contribution in [0.15, 0.2) is 46.1 Å². The number of fused-ring (bicyclic) bond motifs is 2. The molecular formula is C23H28N2O3S2. The van der Waals surface area contributed by atoms with Crippen molar-refractivity contribution in [2.24, 2.45) is 0 Å². The number of sulfonamides is 1. The standard InChI is InChI=1S/C23H28N2O3S2/c1-3-13-25-21-12-11-19(15-22(21)29-23(25)26)30(27,28)24-20(4-2)18-10-9-16-7-5-6-8-17(16)14-18/h9-12,14-15,20,24H,3-8,13H2,1-2H3/t20-/m1/s1. The molecule has 0 saturated carbocycles. The van der Waals surface area contributed by atoms with Gasteiger partial charge in [-0.15, -0.1) is 0 Å². The number of aromatic nitrogens is 1. The molecule has 0 amide bonds. The molecule has 1 N–H and O–H groups in total. The van der Waals surface area contributed by atoms with Gasteiger partial charge in [-0.1, -0.05) is 43.4 Å². The fourth-order valence-corrected chi connectivity index (χ4v) is 6.63. The van der Waals surface area contributed by atoms with Gasteiger partial charge < -0.3 is 0 Å². The Hall–Kier alpha value is -1.96. The van der Waals surface area contributed by atoms with E-state index in [0.717, 1.165) is 41.7 Å². The van der Waals surface area contributed by atoms with Crippen LogP contribution in [-0.2, 0) is 29.4 Å².